The van der Waals surface area contributed by atoms with Gasteiger partial charge in [0.25, 0.3) is 5.91 Å². The summed E-state index contributed by atoms with van der Waals surface area (Å²) in [5, 5.41) is 9.71. The van der Waals surface area contributed by atoms with Gasteiger partial charge in [0.15, 0.2) is 11.5 Å². The summed E-state index contributed by atoms with van der Waals surface area (Å²) in [6, 6.07) is 5.94. The van der Waals surface area contributed by atoms with E-state index in [1.54, 1.807) is 4.90 Å². The van der Waals surface area contributed by atoms with Crippen molar-refractivity contribution < 1.29 is 9.18 Å². The van der Waals surface area contributed by atoms with E-state index in [1.807, 2.05) is 18.2 Å². The van der Waals surface area contributed by atoms with E-state index in [-0.39, 0.29) is 11.8 Å². The van der Waals surface area contributed by atoms with Gasteiger partial charge in [-0.25, -0.2) is 4.39 Å². The lowest BCUT2D eigenvalue weighted by Gasteiger charge is -2.32. The minimum atomic E-state index is -1.58. The van der Waals surface area contributed by atoms with Crippen LogP contribution in [0.15, 0.2) is 18.2 Å². The minimum Gasteiger partial charge on any atom is -0.340 e. The second-order valence-corrected chi connectivity index (χ2v) is 8.72. The van der Waals surface area contributed by atoms with Crippen LogP contribution in [0.3, 0.4) is 0 Å². The second-order valence-electron chi connectivity index (χ2n) is 8.29. The summed E-state index contributed by atoms with van der Waals surface area (Å²) in [7, 11) is 2.06. The molecule has 3 heterocycles. The molecule has 1 aromatic carbocycles. The maximum atomic E-state index is 14.1. The number of carbonyl (C=O) groups excluding carboxylic acids is 1. The summed E-state index contributed by atoms with van der Waals surface area (Å²) < 4.78 is 16.3. The van der Waals surface area contributed by atoms with Crippen molar-refractivity contribution in [3.05, 3.63) is 40.4 Å². The van der Waals surface area contributed by atoms with Gasteiger partial charge in [-0.3, -0.25) is 14.3 Å². The predicted octanol–water partition coefficient (Wildman–Crippen LogP) is 3.07. The summed E-state index contributed by atoms with van der Waals surface area (Å²) in [5.41, 5.74) is 0.639. The fourth-order valence-electron chi connectivity index (χ4n) is 4.39. The topological polar surface area (TPSA) is 54.3 Å². The number of fused-ring (bicyclic) bond motifs is 3. The highest BCUT2D eigenvalue weighted by molar-refractivity contribution is 6.30. The van der Waals surface area contributed by atoms with Gasteiger partial charge in [0.1, 0.15) is 5.82 Å². The molecule has 3 aliphatic rings. The average Bonchev–Trinajstić information content (AvgIpc) is 3.34. The molecule has 1 aliphatic carbocycles. The number of hydrogen-bond donors (Lipinski definition) is 0. The number of nitrogens with zero attached hydrogens (tertiary/aromatic N) is 5. The largest absolute Gasteiger partial charge is 0.340 e. The van der Waals surface area contributed by atoms with E-state index in [2.05, 4.69) is 26.7 Å². The molecule has 148 valence electrons. The van der Waals surface area contributed by atoms with Crippen molar-refractivity contribution in [2.24, 2.45) is 0 Å². The number of likely N-dealkylation sites (tertiary alicyclic amines) is 1. The molecule has 8 heteroatoms. The van der Waals surface area contributed by atoms with Crippen molar-refractivity contribution >= 4 is 17.5 Å². The van der Waals surface area contributed by atoms with Crippen molar-refractivity contribution in [3.63, 3.8) is 0 Å². The van der Waals surface area contributed by atoms with Crippen LogP contribution in [0.2, 0.25) is 5.02 Å². The molecule has 0 unspecified atom stereocenters. The highest BCUT2D eigenvalue weighted by Gasteiger charge is 2.53. The smallest absolute Gasteiger partial charge is 0.260 e. The molecule has 1 amide bonds. The van der Waals surface area contributed by atoms with E-state index < -0.39 is 5.67 Å². The lowest BCUT2D eigenvalue weighted by molar-refractivity contribution is -0.139. The lowest BCUT2D eigenvalue weighted by Crippen LogP contribution is -2.43. The Morgan fingerprint density at radius 2 is 1.96 bits per heavy atom. The van der Waals surface area contributed by atoms with Crippen molar-refractivity contribution in [2.75, 3.05) is 20.1 Å². The van der Waals surface area contributed by atoms with Gasteiger partial charge in [-0.2, -0.15) is 0 Å². The van der Waals surface area contributed by atoms with Crippen LogP contribution in [0.5, 0.6) is 0 Å². The third-order valence-corrected chi connectivity index (χ3v) is 6.34. The molecule has 1 saturated heterocycles. The summed E-state index contributed by atoms with van der Waals surface area (Å²) in [5.74, 6) is 1.72. The number of carbonyl (C=O) groups is 1. The average molecular weight is 404 g/mol. The molecule has 1 aromatic heterocycles. The quantitative estimate of drug-likeness (QED) is 0.773. The maximum absolute atomic E-state index is 14.1. The zero-order valence-electron chi connectivity index (χ0n) is 15.9. The summed E-state index contributed by atoms with van der Waals surface area (Å²) >= 11 is 6.23. The fraction of sp³-hybridized carbons (Fsp3) is 0.550. The van der Waals surface area contributed by atoms with Gasteiger partial charge in [0, 0.05) is 30.6 Å². The van der Waals surface area contributed by atoms with E-state index in [4.69, 9.17) is 11.6 Å². The number of halogens is 2. The SMILES string of the molecule is CN1Cc2cc(Cl)ccc2-n2c(nnc2C2CCN(C(=O)C3(F)CC3)CC2)C1. The van der Waals surface area contributed by atoms with E-state index >= 15 is 0 Å². The number of aromatic nitrogens is 3. The minimum absolute atomic E-state index is 0.201. The Morgan fingerprint density at radius 3 is 2.68 bits per heavy atom. The Bertz CT molecular complexity index is 933. The molecule has 0 atom stereocenters. The zero-order valence-corrected chi connectivity index (χ0v) is 16.6. The monoisotopic (exact) mass is 403 g/mol. The summed E-state index contributed by atoms with van der Waals surface area (Å²) in [6.07, 6.45) is 2.30. The Kier molecular flexibility index (Phi) is 4.21. The van der Waals surface area contributed by atoms with Gasteiger partial charge >= 0.3 is 0 Å². The van der Waals surface area contributed by atoms with Crippen molar-refractivity contribution in [3.8, 4) is 5.69 Å². The first-order valence-corrected chi connectivity index (χ1v) is 10.2. The predicted molar refractivity (Wildman–Crippen MR) is 103 cm³/mol. The van der Waals surface area contributed by atoms with Gasteiger partial charge in [-0.05, 0) is 56.5 Å². The standard InChI is InChI=1S/C20H23ClFN5O/c1-25-11-14-10-15(21)2-3-16(14)27-17(12-25)23-24-18(27)13-4-8-26(9-5-13)19(28)20(22)6-7-20/h2-3,10,13H,4-9,11-12H2,1H3. The molecule has 2 aliphatic heterocycles. The molecule has 0 spiro atoms. The third-order valence-electron chi connectivity index (χ3n) is 6.11. The number of amides is 1. The van der Waals surface area contributed by atoms with Crippen molar-refractivity contribution in [1.82, 2.24) is 24.6 Å². The van der Waals surface area contributed by atoms with Crippen molar-refractivity contribution in [2.45, 2.75) is 50.4 Å². The van der Waals surface area contributed by atoms with Gasteiger partial charge in [-0.15, -0.1) is 10.2 Å². The van der Waals surface area contributed by atoms with Gasteiger partial charge in [-0.1, -0.05) is 11.6 Å². The van der Waals surface area contributed by atoms with Crippen molar-refractivity contribution in [1.29, 1.82) is 0 Å². The van der Waals surface area contributed by atoms with Crippen LogP contribution in [0.25, 0.3) is 5.69 Å². The Balaban J connectivity index is 1.43. The lowest BCUT2D eigenvalue weighted by atomic mass is 9.95. The van der Waals surface area contributed by atoms with E-state index in [0.717, 1.165) is 47.3 Å². The van der Waals surface area contributed by atoms with Crippen LogP contribution in [0, 0.1) is 0 Å². The first-order valence-electron chi connectivity index (χ1n) is 9.84. The Morgan fingerprint density at radius 1 is 1.21 bits per heavy atom. The molecular weight excluding hydrogens is 381 g/mol. The summed E-state index contributed by atoms with van der Waals surface area (Å²) in [6.45, 7) is 2.65. The first-order chi connectivity index (χ1) is 13.4. The number of alkyl halides is 1. The van der Waals surface area contributed by atoms with Crippen LogP contribution in [-0.4, -0.2) is 56.3 Å². The van der Waals surface area contributed by atoms with Crippen LogP contribution in [-0.2, 0) is 17.9 Å². The highest BCUT2D eigenvalue weighted by Crippen LogP contribution is 2.42. The molecule has 2 aromatic rings. The van der Waals surface area contributed by atoms with Crippen LogP contribution in [0.4, 0.5) is 4.39 Å². The first kappa shape index (κ1) is 18.1. The Labute approximate surface area is 168 Å². The van der Waals surface area contributed by atoms with Gasteiger partial charge in [0.2, 0.25) is 0 Å². The zero-order chi connectivity index (χ0) is 19.5. The molecule has 0 N–H and O–H groups in total. The molecular formula is C20H23ClFN5O. The Hall–Kier alpha value is -1.99. The van der Waals surface area contributed by atoms with E-state index in [1.165, 1.54) is 0 Å². The number of rotatable bonds is 2. The van der Waals surface area contributed by atoms with E-state index in [9.17, 15) is 9.18 Å². The van der Waals surface area contributed by atoms with Gasteiger partial charge < -0.3 is 4.90 Å². The normalized spacial score (nSPS) is 21.8. The molecule has 0 bridgehead atoms. The molecule has 1 saturated carbocycles. The molecule has 5 rings (SSSR count). The molecule has 28 heavy (non-hydrogen) atoms. The van der Waals surface area contributed by atoms with Crippen LogP contribution in [0.1, 0.15) is 48.8 Å². The molecule has 0 radical (unpaired) electrons. The summed E-state index contributed by atoms with van der Waals surface area (Å²) in [4.78, 5) is 16.2. The van der Waals surface area contributed by atoms with Gasteiger partial charge in [0.05, 0.1) is 12.2 Å². The molecule has 6 nitrogen and oxygen atoms in total. The van der Waals surface area contributed by atoms with E-state index in [0.29, 0.717) is 32.5 Å². The number of benzene rings is 1. The fourth-order valence-corrected chi connectivity index (χ4v) is 4.59. The second kappa shape index (κ2) is 6.52. The maximum Gasteiger partial charge on any atom is 0.260 e. The highest BCUT2D eigenvalue weighted by atomic mass is 35.5. The van der Waals surface area contributed by atoms with Crippen LogP contribution < -0.4 is 0 Å². The third kappa shape index (κ3) is 3.01. The molecule has 2 fully saturated rings. The van der Waals surface area contributed by atoms with Crippen LogP contribution >= 0.6 is 11.6 Å². The number of piperidine rings is 1. The number of hydrogen-bond acceptors (Lipinski definition) is 4.